The van der Waals surface area contributed by atoms with Gasteiger partial charge >= 0.3 is 6.18 Å². The van der Waals surface area contributed by atoms with Gasteiger partial charge in [0.2, 0.25) is 0 Å². The van der Waals surface area contributed by atoms with Gasteiger partial charge in [-0.1, -0.05) is 6.07 Å². The van der Waals surface area contributed by atoms with E-state index in [2.05, 4.69) is 15.1 Å². The van der Waals surface area contributed by atoms with Crippen molar-refractivity contribution in [3.05, 3.63) is 71.0 Å². The Bertz CT molecular complexity index is 1160. The molecule has 2 heterocycles. The molecule has 0 radical (unpaired) electrons. The van der Waals surface area contributed by atoms with Crippen LogP contribution in [-0.4, -0.2) is 91.2 Å². The number of Topliss-reactive ketones (excluding diaryl/α,β-unsaturated/α-hetero) is 1. The first-order valence-electron chi connectivity index (χ1n) is 13.0. The molecule has 7 nitrogen and oxygen atoms in total. The van der Waals surface area contributed by atoms with Crippen LogP contribution < -0.4 is 5.32 Å². The van der Waals surface area contributed by atoms with E-state index in [1.54, 1.807) is 4.90 Å². The monoisotopic (exact) mass is 548 g/mol. The minimum Gasteiger partial charge on any atom is -0.345 e. The standard InChI is InChI=1S/C28H32F4N4O3/c29-24-6-4-21(5-7-24)27(39)36-14-12-34(13-15-36)10-11-35-9-8-20(19-35)16-25(37)18-33-26(38)22-2-1-3-23(17-22)28(30,31)32/h1-7,17,20H,8-16,18-19H2,(H,33,38)/t20-/m0/s1. The first-order chi connectivity index (χ1) is 18.6. The molecule has 2 aliphatic rings. The summed E-state index contributed by atoms with van der Waals surface area (Å²) in [4.78, 5) is 43.6. The Morgan fingerprint density at radius 1 is 0.872 bits per heavy atom. The molecule has 39 heavy (non-hydrogen) atoms. The lowest BCUT2D eigenvalue weighted by Crippen LogP contribution is -2.50. The zero-order chi connectivity index (χ0) is 28.0. The Morgan fingerprint density at radius 2 is 1.56 bits per heavy atom. The van der Waals surface area contributed by atoms with Gasteiger partial charge in [0.15, 0.2) is 5.78 Å². The number of benzene rings is 2. The number of hydrogen-bond acceptors (Lipinski definition) is 5. The molecule has 11 heteroatoms. The number of piperazine rings is 1. The van der Waals surface area contributed by atoms with Crippen molar-refractivity contribution >= 4 is 17.6 Å². The number of ketones is 1. The van der Waals surface area contributed by atoms with Crippen LogP contribution in [0.25, 0.3) is 0 Å². The normalized spacial score (nSPS) is 18.8. The molecule has 2 fully saturated rings. The van der Waals surface area contributed by atoms with Crippen molar-refractivity contribution in [3.63, 3.8) is 0 Å². The van der Waals surface area contributed by atoms with Crippen LogP contribution in [0.5, 0.6) is 0 Å². The minimum atomic E-state index is -4.54. The number of amides is 2. The summed E-state index contributed by atoms with van der Waals surface area (Å²) in [6.07, 6.45) is -3.37. The van der Waals surface area contributed by atoms with Gasteiger partial charge in [-0.3, -0.25) is 19.3 Å². The van der Waals surface area contributed by atoms with E-state index >= 15 is 0 Å². The van der Waals surface area contributed by atoms with E-state index in [-0.39, 0.29) is 35.5 Å². The van der Waals surface area contributed by atoms with Crippen LogP contribution in [0.3, 0.4) is 0 Å². The Balaban J connectivity index is 1.12. The van der Waals surface area contributed by atoms with E-state index < -0.39 is 17.6 Å². The lowest BCUT2D eigenvalue weighted by atomic mass is 10.0. The number of halogens is 4. The second-order valence-corrected chi connectivity index (χ2v) is 10.1. The predicted octanol–water partition coefficient (Wildman–Crippen LogP) is 3.31. The number of likely N-dealkylation sites (tertiary alicyclic amines) is 1. The molecule has 210 valence electrons. The topological polar surface area (TPSA) is 73.0 Å². The van der Waals surface area contributed by atoms with Crippen molar-refractivity contribution < 1.29 is 31.9 Å². The number of rotatable bonds is 9. The highest BCUT2D eigenvalue weighted by Gasteiger charge is 2.31. The predicted molar refractivity (Wildman–Crippen MR) is 137 cm³/mol. The first kappa shape index (κ1) is 28.7. The van der Waals surface area contributed by atoms with E-state index in [4.69, 9.17) is 0 Å². The first-order valence-corrected chi connectivity index (χ1v) is 13.0. The second kappa shape index (κ2) is 12.7. The summed E-state index contributed by atoms with van der Waals surface area (Å²) >= 11 is 0. The van der Waals surface area contributed by atoms with Gasteiger partial charge in [0.25, 0.3) is 11.8 Å². The molecule has 0 aromatic heterocycles. The van der Waals surface area contributed by atoms with E-state index in [1.165, 1.54) is 36.4 Å². The molecule has 2 aliphatic heterocycles. The molecule has 2 amide bonds. The Labute approximate surface area is 224 Å². The molecular formula is C28H32F4N4O3. The number of alkyl halides is 3. The number of carbonyl (C=O) groups is 3. The van der Waals surface area contributed by atoms with E-state index in [1.807, 2.05) is 0 Å². The number of hydrogen-bond donors (Lipinski definition) is 1. The van der Waals surface area contributed by atoms with Gasteiger partial charge in [-0.15, -0.1) is 0 Å². The molecule has 0 spiro atoms. The van der Waals surface area contributed by atoms with Gasteiger partial charge in [-0.05, 0) is 61.3 Å². The van der Waals surface area contributed by atoms with Crippen LogP contribution >= 0.6 is 0 Å². The summed E-state index contributed by atoms with van der Waals surface area (Å²) in [5.41, 5.74) is -0.559. The number of nitrogens with one attached hydrogen (secondary N) is 1. The number of nitrogens with zero attached hydrogens (tertiary/aromatic N) is 3. The molecule has 4 rings (SSSR count). The Morgan fingerprint density at radius 3 is 2.26 bits per heavy atom. The summed E-state index contributed by atoms with van der Waals surface area (Å²) in [6.45, 7) is 5.87. The van der Waals surface area contributed by atoms with Crippen LogP contribution in [0, 0.1) is 11.7 Å². The summed E-state index contributed by atoms with van der Waals surface area (Å²) < 4.78 is 51.7. The molecule has 1 N–H and O–H groups in total. The maximum atomic E-state index is 13.1. The maximum Gasteiger partial charge on any atom is 0.416 e. The maximum absolute atomic E-state index is 13.1. The van der Waals surface area contributed by atoms with Crippen LogP contribution in [0.1, 0.15) is 39.1 Å². The Hall–Kier alpha value is -3.31. The smallest absolute Gasteiger partial charge is 0.345 e. The van der Waals surface area contributed by atoms with Crippen molar-refractivity contribution in [1.82, 2.24) is 20.0 Å². The zero-order valence-corrected chi connectivity index (χ0v) is 21.6. The van der Waals surface area contributed by atoms with Gasteiger partial charge in [0.05, 0.1) is 12.1 Å². The molecular weight excluding hydrogens is 516 g/mol. The highest BCUT2D eigenvalue weighted by Crippen LogP contribution is 2.29. The lowest BCUT2D eigenvalue weighted by molar-refractivity contribution is -0.137. The molecule has 1 atom stereocenters. The molecule has 2 aromatic rings. The fourth-order valence-electron chi connectivity index (χ4n) is 5.03. The summed E-state index contributed by atoms with van der Waals surface area (Å²) in [6, 6.07) is 9.70. The SMILES string of the molecule is O=C(CNC(=O)c1cccc(C(F)(F)F)c1)C[C@@H]1CCN(CCN2CCN(C(=O)c3ccc(F)cc3)CC2)C1. The van der Waals surface area contributed by atoms with Gasteiger partial charge in [0.1, 0.15) is 5.82 Å². The molecule has 0 unspecified atom stereocenters. The summed E-state index contributed by atoms with van der Waals surface area (Å²) in [7, 11) is 0. The average molecular weight is 549 g/mol. The highest BCUT2D eigenvalue weighted by atomic mass is 19.4. The number of carbonyl (C=O) groups excluding carboxylic acids is 3. The third-order valence-electron chi connectivity index (χ3n) is 7.27. The quantitative estimate of drug-likeness (QED) is 0.487. The van der Waals surface area contributed by atoms with Crippen LogP contribution in [0.2, 0.25) is 0 Å². The average Bonchev–Trinajstić information content (AvgIpc) is 3.37. The molecule has 0 aliphatic carbocycles. The minimum absolute atomic E-state index is 0.0901. The van der Waals surface area contributed by atoms with Crippen LogP contribution in [0.15, 0.2) is 48.5 Å². The summed E-state index contributed by atoms with van der Waals surface area (Å²) in [5, 5.41) is 2.43. The second-order valence-electron chi connectivity index (χ2n) is 10.1. The van der Waals surface area contributed by atoms with Gasteiger partial charge in [-0.2, -0.15) is 13.2 Å². The third-order valence-corrected chi connectivity index (χ3v) is 7.27. The van der Waals surface area contributed by atoms with Crippen LogP contribution in [0.4, 0.5) is 17.6 Å². The molecule has 0 saturated carbocycles. The van der Waals surface area contributed by atoms with Crippen molar-refractivity contribution in [2.24, 2.45) is 5.92 Å². The largest absolute Gasteiger partial charge is 0.416 e. The molecule has 2 aromatic carbocycles. The zero-order valence-electron chi connectivity index (χ0n) is 21.6. The summed E-state index contributed by atoms with van der Waals surface area (Å²) in [5.74, 6) is -1.14. The molecule has 0 bridgehead atoms. The van der Waals surface area contributed by atoms with E-state index in [9.17, 15) is 31.9 Å². The fourth-order valence-corrected chi connectivity index (χ4v) is 5.03. The lowest BCUT2D eigenvalue weighted by Gasteiger charge is -2.35. The van der Waals surface area contributed by atoms with Crippen molar-refractivity contribution in [1.29, 1.82) is 0 Å². The fraction of sp³-hybridized carbons (Fsp3) is 0.464. The van der Waals surface area contributed by atoms with Gasteiger partial charge in [-0.25, -0.2) is 4.39 Å². The van der Waals surface area contributed by atoms with Crippen molar-refractivity contribution in [3.8, 4) is 0 Å². The Kier molecular flexibility index (Phi) is 9.34. The van der Waals surface area contributed by atoms with Crippen molar-refractivity contribution in [2.75, 3.05) is 58.9 Å². The highest BCUT2D eigenvalue weighted by molar-refractivity contribution is 5.97. The molecule has 2 saturated heterocycles. The van der Waals surface area contributed by atoms with Crippen molar-refractivity contribution in [2.45, 2.75) is 19.0 Å². The van der Waals surface area contributed by atoms with Gasteiger partial charge < -0.3 is 15.1 Å². The van der Waals surface area contributed by atoms with Gasteiger partial charge in [0, 0.05) is 63.4 Å². The third kappa shape index (κ3) is 8.09. The van der Waals surface area contributed by atoms with E-state index in [0.29, 0.717) is 25.1 Å². The van der Waals surface area contributed by atoms with E-state index in [0.717, 1.165) is 57.8 Å². The van der Waals surface area contributed by atoms with Crippen LogP contribution in [-0.2, 0) is 11.0 Å².